The van der Waals surface area contributed by atoms with Gasteiger partial charge in [-0.2, -0.15) is 0 Å². The van der Waals surface area contributed by atoms with Gasteiger partial charge in [0.15, 0.2) is 0 Å². The Morgan fingerprint density at radius 2 is 1.85 bits per heavy atom. The second kappa shape index (κ2) is 5.41. The molecule has 20 heavy (non-hydrogen) atoms. The summed E-state index contributed by atoms with van der Waals surface area (Å²) in [6.07, 6.45) is 1.57. The number of benzene rings is 1. The summed E-state index contributed by atoms with van der Waals surface area (Å²) < 4.78 is 28.0. The summed E-state index contributed by atoms with van der Waals surface area (Å²) in [6, 6.07) is 6.57. The van der Waals surface area contributed by atoms with Gasteiger partial charge in [-0.1, -0.05) is 0 Å². The van der Waals surface area contributed by atoms with E-state index in [1.54, 1.807) is 44.3 Å². The maximum atomic E-state index is 12.5. The van der Waals surface area contributed by atoms with Crippen LogP contribution < -0.4 is 10.5 Å². The molecule has 0 aliphatic carbocycles. The molecule has 0 aliphatic rings. The Bertz CT molecular complexity index is 737. The molecule has 0 bridgehead atoms. The van der Waals surface area contributed by atoms with E-state index in [0.717, 1.165) is 0 Å². The molecule has 2 rings (SSSR count). The minimum atomic E-state index is -3.69. The number of nitrogens with one attached hydrogen (secondary N) is 1. The Labute approximate surface area is 126 Å². The highest BCUT2D eigenvalue weighted by molar-refractivity contribution is 9.10. The summed E-state index contributed by atoms with van der Waals surface area (Å²) in [7, 11) is -3.69. The Kier molecular flexibility index (Phi) is 4.01. The number of nitrogen functional groups attached to an aromatic ring is 1. The van der Waals surface area contributed by atoms with Crippen LogP contribution >= 0.6 is 15.9 Å². The van der Waals surface area contributed by atoms with Gasteiger partial charge < -0.3 is 5.73 Å². The number of hydrogen-bond donors (Lipinski definition) is 2. The summed E-state index contributed by atoms with van der Waals surface area (Å²) in [4.78, 5) is 4.22. The van der Waals surface area contributed by atoms with Crippen molar-refractivity contribution in [1.29, 1.82) is 0 Å². The molecule has 106 valence electrons. The van der Waals surface area contributed by atoms with E-state index < -0.39 is 10.0 Å². The van der Waals surface area contributed by atoms with E-state index in [4.69, 9.17) is 5.73 Å². The van der Waals surface area contributed by atoms with Gasteiger partial charge in [-0.05, 0) is 65.2 Å². The fourth-order valence-corrected chi connectivity index (χ4v) is 4.07. The molecule has 0 radical (unpaired) electrons. The van der Waals surface area contributed by atoms with Crippen molar-refractivity contribution in [2.24, 2.45) is 0 Å². The van der Waals surface area contributed by atoms with Crippen molar-refractivity contribution in [3.63, 3.8) is 0 Å². The molecule has 0 spiro atoms. The molecule has 0 saturated carbocycles. The molecule has 0 fully saturated rings. The van der Waals surface area contributed by atoms with Crippen molar-refractivity contribution in [2.75, 3.05) is 10.5 Å². The molecule has 3 N–H and O–H groups in total. The molecule has 0 unspecified atom stereocenters. The first kappa shape index (κ1) is 14.8. The molecule has 0 saturated heterocycles. The number of pyridine rings is 1. The number of sulfonamides is 1. The van der Waals surface area contributed by atoms with E-state index in [1.807, 2.05) is 0 Å². The van der Waals surface area contributed by atoms with Gasteiger partial charge in [0, 0.05) is 11.9 Å². The number of nitrogens with zero attached hydrogens (tertiary/aromatic N) is 1. The highest BCUT2D eigenvalue weighted by atomic mass is 79.9. The van der Waals surface area contributed by atoms with Crippen LogP contribution in [0.4, 0.5) is 11.4 Å². The fraction of sp³-hybridized carbons (Fsp3) is 0.154. The van der Waals surface area contributed by atoms with Crippen LogP contribution in [0.1, 0.15) is 11.1 Å². The lowest BCUT2D eigenvalue weighted by Gasteiger charge is -2.14. The Hall–Kier alpha value is -1.60. The van der Waals surface area contributed by atoms with Crippen molar-refractivity contribution in [1.82, 2.24) is 4.98 Å². The summed E-state index contributed by atoms with van der Waals surface area (Å²) >= 11 is 3.21. The molecule has 5 nitrogen and oxygen atoms in total. The maximum absolute atomic E-state index is 12.5. The molecule has 0 atom stereocenters. The van der Waals surface area contributed by atoms with Crippen LogP contribution in [0, 0.1) is 13.8 Å². The lowest BCUT2D eigenvalue weighted by atomic mass is 10.1. The lowest BCUT2D eigenvalue weighted by Crippen LogP contribution is -2.16. The fourth-order valence-electron chi connectivity index (χ4n) is 2.07. The zero-order valence-electron chi connectivity index (χ0n) is 11.0. The van der Waals surface area contributed by atoms with Crippen LogP contribution in [-0.4, -0.2) is 13.4 Å². The van der Waals surface area contributed by atoms with Gasteiger partial charge in [0.2, 0.25) is 0 Å². The van der Waals surface area contributed by atoms with E-state index in [9.17, 15) is 8.42 Å². The first-order valence-electron chi connectivity index (χ1n) is 5.81. The van der Waals surface area contributed by atoms with Crippen molar-refractivity contribution in [2.45, 2.75) is 18.7 Å². The lowest BCUT2D eigenvalue weighted by molar-refractivity contribution is 0.600. The van der Waals surface area contributed by atoms with E-state index in [1.165, 1.54) is 0 Å². The third kappa shape index (κ3) is 2.94. The first-order chi connectivity index (χ1) is 9.31. The zero-order chi connectivity index (χ0) is 14.9. The van der Waals surface area contributed by atoms with Gasteiger partial charge in [-0.15, -0.1) is 0 Å². The van der Waals surface area contributed by atoms with Crippen molar-refractivity contribution in [3.8, 4) is 0 Å². The number of hydrogen-bond acceptors (Lipinski definition) is 4. The predicted octanol–water partition coefficient (Wildman–Crippen LogP) is 2.84. The normalized spacial score (nSPS) is 11.3. The second-order valence-electron chi connectivity index (χ2n) is 4.43. The van der Waals surface area contributed by atoms with E-state index in [0.29, 0.717) is 27.1 Å². The number of rotatable bonds is 3. The predicted molar refractivity (Wildman–Crippen MR) is 83.1 cm³/mol. The van der Waals surface area contributed by atoms with E-state index >= 15 is 0 Å². The Morgan fingerprint density at radius 3 is 2.40 bits per heavy atom. The summed E-state index contributed by atoms with van der Waals surface area (Å²) in [6.45, 7) is 3.44. The minimum Gasteiger partial charge on any atom is -0.399 e. The smallest absolute Gasteiger partial charge is 0.262 e. The van der Waals surface area contributed by atoms with Gasteiger partial charge in [-0.25, -0.2) is 13.4 Å². The van der Waals surface area contributed by atoms with Crippen LogP contribution in [-0.2, 0) is 10.0 Å². The average molecular weight is 356 g/mol. The standard InChI is InChI=1S/C13H14BrN3O2S/c1-8-6-10(15)7-9(2)12(8)20(18,19)17-11-4-3-5-16-13(11)14/h3-7,17H,15H2,1-2H3. The highest BCUT2D eigenvalue weighted by Crippen LogP contribution is 2.27. The molecule has 1 aromatic carbocycles. The van der Waals surface area contributed by atoms with Crippen LogP contribution in [0.2, 0.25) is 0 Å². The Balaban J connectivity index is 2.50. The van der Waals surface area contributed by atoms with Crippen LogP contribution in [0.15, 0.2) is 40.0 Å². The maximum Gasteiger partial charge on any atom is 0.262 e. The molecule has 1 aromatic heterocycles. The molecular weight excluding hydrogens is 342 g/mol. The van der Waals surface area contributed by atoms with E-state index in [2.05, 4.69) is 25.6 Å². The number of aryl methyl sites for hydroxylation is 2. The molecule has 2 aromatic rings. The monoisotopic (exact) mass is 355 g/mol. The van der Waals surface area contributed by atoms with Gasteiger partial charge >= 0.3 is 0 Å². The van der Waals surface area contributed by atoms with Gasteiger partial charge in [0.1, 0.15) is 4.60 Å². The Morgan fingerprint density at radius 1 is 1.25 bits per heavy atom. The molecule has 0 aliphatic heterocycles. The molecule has 1 heterocycles. The molecule has 0 amide bonds. The molecular formula is C13H14BrN3O2S. The van der Waals surface area contributed by atoms with Crippen molar-refractivity contribution < 1.29 is 8.42 Å². The van der Waals surface area contributed by atoms with E-state index in [-0.39, 0.29) is 4.90 Å². The van der Waals surface area contributed by atoms with Crippen LogP contribution in [0.3, 0.4) is 0 Å². The van der Waals surface area contributed by atoms with Crippen LogP contribution in [0.25, 0.3) is 0 Å². The topological polar surface area (TPSA) is 85.1 Å². The zero-order valence-corrected chi connectivity index (χ0v) is 13.4. The molecule has 7 heteroatoms. The number of halogens is 1. The SMILES string of the molecule is Cc1cc(N)cc(C)c1S(=O)(=O)Nc1cccnc1Br. The van der Waals surface area contributed by atoms with Crippen molar-refractivity contribution in [3.05, 3.63) is 46.2 Å². The van der Waals surface area contributed by atoms with Gasteiger partial charge in [-0.3, -0.25) is 4.72 Å². The quantitative estimate of drug-likeness (QED) is 0.654. The van der Waals surface area contributed by atoms with Crippen molar-refractivity contribution >= 4 is 37.3 Å². The number of aromatic nitrogens is 1. The number of anilines is 2. The summed E-state index contributed by atoms with van der Waals surface area (Å²) in [5, 5.41) is 0. The third-order valence-electron chi connectivity index (χ3n) is 2.75. The number of nitrogens with two attached hydrogens (primary N) is 1. The summed E-state index contributed by atoms with van der Waals surface area (Å²) in [5.74, 6) is 0. The first-order valence-corrected chi connectivity index (χ1v) is 8.09. The average Bonchev–Trinajstić information content (AvgIpc) is 2.30. The van der Waals surface area contributed by atoms with Crippen LogP contribution in [0.5, 0.6) is 0 Å². The van der Waals surface area contributed by atoms with Gasteiger partial charge in [0.25, 0.3) is 10.0 Å². The van der Waals surface area contributed by atoms with Gasteiger partial charge in [0.05, 0.1) is 10.6 Å². The second-order valence-corrected chi connectivity index (χ2v) is 6.80. The third-order valence-corrected chi connectivity index (χ3v) is 5.06. The summed E-state index contributed by atoms with van der Waals surface area (Å²) in [5.41, 5.74) is 7.86. The highest BCUT2D eigenvalue weighted by Gasteiger charge is 2.21. The minimum absolute atomic E-state index is 0.238. The largest absolute Gasteiger partial charge is 0.399 e.